The van der Waals surface area contributed by atoms with Crippen molar-refractivity contribution in [2.24, 2.45) is 7.05 Å². The highest BCUT2D eigenvalue weighted by Gasteiger charge is 2.30. The standard InChI is InChI=1S/C21H20ClN5O5/c1-26-18(25-16(17(28)21(26)31)19(29)24-15-9-23-32-11-15)13-5-3-7-27(10-13)20(30)12-4-2-6-14(22)8-12/h2,4,6,8-9,11,13,28H,3,5,7,10H2,1H3,(H,24,29). The molecule has 3 heterocycles. The van der Waals surface area contributed by atoms with E-state index in [-0.39, 0.29) is 17.5 Å². The molecular formula is C21H20ClN5O5. The molecule has 0 aliphatic carbocycles. The quantitative estimate of drug-likeness (QED) is 0.615. The number of rotatable bonds is 4. The lowest BCUT2D eigenvalue weighted by molar-refractivity contribution is 0.0702. The molecule has 32 heavy (non-hydrogen) atoms. The van der Waals surface area contributed by atoms with E-state index in [0.29, 0.717) is 42.3 Å². The topological polar surface area (TPSA) is 131 Å². The SMILES string of the molecule is Cn1c(C2CCCN(C(=O)c3cccc(Cl)c3)C2)nc(C(=O)Nc2cnoc2)c(O)c1=O. The minimum Gasteiger partial charge on any atom is -0.501 e. The number of halogens is 1. The number of nitrogens with one attached hydrogen (secondary N) is 1. The molecule has 0 radical (unpaired) electrons. The fraction of sp³-hybridized carbons (Fsp3) is 0.286. The van der Waals surface area contributed by atoms with Gasteiger partial charge in [0, 0.05) is 36.6 Å². The summed E-state index contributed by atoms with van der Waals surface area (Å²) in [4.78, 5) is 44.1. The van der Waals surface area contributed by atoms with Crippen molar-refractivity contribution in [3.05, 3.63) is 69.2 Å². The lowest BCUT2D eigenvalue weighted by atomic mass is 9.96. The highest BCUT2D eigenvalue weighted by molar-refractivity contribution is 6.30. The number of hydrogen-bond acceptors (Lipinski definition) is 7. The zero-order valence-corrected chi connectivity index (χ0v) is 17.9. The third-order valence-electron chi connectivity index (χ3n) is 5.35. The van der Waals surface area contributed by atoms with Crippen LogP contribution in [-0.2, 0) is 7.05 Å². The number of piperidine rings is 1. The first kappa shape index (κ1) is 21.6. The van der Waals surface area contributed by atoms with Crippen LogP contribution in [0, 0.1) is 0 Å². The summed E-state index contributed by atoms with van der Waals surface area (Å²) in [6.45, 7) is 0.859. The second-order valence-corrected chi connectivity index (χ2v) is 7.94. The monoisotopic (exact) mass is 457 g/mol. The van der Waals surface area contributed by atoms with Gasteiger partial charge in [-0.1, -0.05) is 22.8 Å². The largest absolute Gasteiger partial charge is 0.501 e. The van der Waals surface area contributed by atoms with Crippen molar-refractivity contribution in [2.75, 3.05) is 18.4 Å². The van der Waals surface area contributed by atoms with Gasteiger partial charge in [-0.3, -0.25) is 19.0 Å². The summed E-state index contributed by atoms with van der Waals surface area (Å²) in [5.41, 5.74) is -0.416. The maximum atomic E-state index is 12.9. The van der Waals surface area contributed by atoms with Crippen LogP contribution in [0.4, 0.5) is 5.69 Å². The van der Waals surface area contributed by atoms with Crippen LogP contribution < -0.4 is 10.9 Å². The molecule has 3 aromatic rings. The van der Waals surface area contributed by atoms with E-state index in [1.165, 1.54) is 24.1 Å². The van der Waals surface area contributed by atoms with E-state index in [1.807, 2.05) is 0 Å². The van der Waals surface area contributed by atoms with Gasteiger partial charge in [0.1, 0.15) is 17.8 Å². The fourth-order valence-electron chi connectivity index (χ4n) is 3.76. The predicted molar refractivity (Wildman–Crippen MR) is 115 cm³/mol. The third kappa shape index (κ3) is 4.22. The van der Waals surface area contributed by atoms with Gasteiger partial charge in [0.2, 0.25) is 5.75 Å². The van der Waals surface area contributed by atoms with E-state index in [0.717, 1.165) is 0 Å². The second-order valence-electron chi connectivity index (χ2n) is 7.50. The summed E-state index contributed by atoms with van der Waals surface area (Å²) in [6, 6.07) is 6.71. The van der Waals surface area contributed by atoms with E-state index >= 15 is 0 Å². The van der Waals surface area contributed by atoms with Crippen LogP contribution in [0.25, 0.3) is 0 Å². The molecule has 1 unspecified atom stereocenters. The Labute approximate surface area is 187 Å². The van der Waals surface area contributed by atoms with E-state index in [1.54, 1.807) is 29.2 Å². The first-order valence-corrected chi connectivity index (χ1v) is 10.3. The lowest BCUT2D eigenvalue weighted by Crippen LogP contribution is -2.41. The van der Waals surface area contributed by atoms with Crippen LogP contribution >= 0.6 is 11.6 Å². The Hall–Kier alpha value is -3.66. The number of aromatic hydroxyl groups is 1. The van der Waals surface area contributed by atoms with Gasteiger partial charge < -0.3 is 19.8 Å². The second kappa shape index (κ2) is 8.83. The number of amides is 2. The summed E-state index contributed by atoms with van der Waals surface area (Å²) in [7, 11) is 1.48. The molecule has 4 rings (SSSR count). The number of aromatic nitrogens is 3. The number of anilines is 1. The van der Waals surface area contributed by atoms with E-state index in [2.05, 4.69) is 20.0 Å². The van der Waals surface area contributed by atoms with Crippen LogP contribution in [0.1, 0.15) is 45.4 Å². The average Bonchev–Trinajstić information content (AvgIpc) is 3.30. The van der Waals surface area contributed by atoms with Crippen LogP contribution in [-0.4, -0.2) is 49.6 Å². The van der Waals surface area contributed by atoms with E-state index in [9.17, 15) is 19.5 Å². The zero-order chi connectivity index (χ0) is 22.8. The maximum absolute atomic E-state index is 12.9. The third-order valence-corrected chi connectivity index (χ3v) is 5.59. The lowest BCUT2D eigenvalue weighted by Gasteiger charge is -2.33. The van der Waals surface area contributed by atoms with Crippen LogP contribution in [0.2, 0.25) is 5.02 Å². The summed E-state index contributed by atoms with van der Waals surface area (Å²) < 4.78 is 5.87. The van der Waals surface area contributed by atoms with Crippen molar-refractivity contribution in [1.82, 2.24) is 19.6 Å². The van der Waals surface area contributed by atoms with Crippen LogP contribution in [0.3, 0.4) is 0 Å². The molecule has 2 aromatic heterocycles. The van der Waals surface area contributed by atoms with Gasteiger partial charge in [0.25, 0.3) is 17.4 Å². The van der Waals surface area contributed by atoms with Crippen molar-refractivity contribution >= 4 is 29.1 Å². The summed E-state index contributed by atoms with van der Waals surface area (Å²) >= 11 is 6.01. The molecule has 2 amide bonds. The Kier molecular flexibility index (Phi) is 5.95. The molecule has 1 aliphatic rings. The molecule has 1 fully saturated rings. The number of carbonyl (C=O) groups excluding carboxylic acids is 2. The smallest absolute Gasteiger partial charge is 0.296 e. The molecule has 0 saturated carbocycles. The van der Waals surface area contributed by atoms with Crippen LogP contribution in [0.15, 0.2) is 46.0 Å². The molecule has 10 nitrogen and oxygen atoms in total. The molecule has 1 atom stereocenters. The first-order valence-electron chi connectivity index (χ1n) is 9.90. The highest BCUT2D eigenvalue weighted by atomic mass is 35.5. The number of hydrogen-bond donors (Lipinski definition) is 2. The molecule has 11 heteroatoms. The minimum absolute atomic E-state index is 0.175. The van der Waals surface area contributed by atoms with Crippen molar-refractivity contribution in [3.63, 3.8) is 0 Å². The first-order chi connectivity index (χ1) is 15.3. The van der Waals surface area contributed by atoms with Crippen molar-refractivity contribution < 1.29 is 19.2 Å². The Bertz CT molecular complexity index is 1220. The number of nitrogens with zero attached hydrogens (tertiary/aromatic N) is 4. The van der Waals surface area contributed by atoms with Crippen LogP contribution in [0.5, 0.6) is 5.75 Å². The van der Waals surface area contributed by atoms with Crippen molar-refractivity contribution in [2.45, 2.75) is 18.8 Å². The molecular weight excluding hydrogens is 438 g/mol. The Morgan fingerprint density at radius 2 is 2.16 bits per heavy atom. The number of likely N-dealkylation sites (tertiary alicyclic amines) is 1. The van der Waals surface area contributed by atoms with Gasteiger partial charge in [0.05, 0.1) is 6.20 Å². The summed E-state index contributed by atoms with van der Waals surface area (Å²) in [5, 5.41) is 16.7. The Morgan fingerprint density at radius 1 is 1.34 bits per heavy atom. The highest BCUT2D eigenvalue weighted by Crippen LogP contribution is 2.27. The Balaban J connectivity index is 1.62. The van der Waals surface area contributed by atoms with Gasteiger partial charge in [0.15, 0.2) is 5.69 Å². The zero-order valence-electron chi connectivity index (χ0n) is 17.1. The van der Waals surface area contributed by atoms with Gasteiger partial charge in [-0.05, 0) is 31.0 Å². The number of benzene rings is 1. The van der Waals surface area contributed by atoms with Gasteiger partial charge in [-0.15, -0.1) is 0 Å². The Morgan fingerprint density at radius 3 is 2.88 bits per heavy atom. The molecule has 1 aliphatic heterocycles. The van der Waals surface area contributed by atoms with E-state index < -0.39 is 22.9 Å². The van der Waals surface area contributed by atoms with Gasteiger partial charge in [-0.25, -0.2) is 4.98 Å². The molecule has 0 bridgehead atoms. The van der Waals surface area contributed by atoms with Crippen molar-refractivity contribution in [3.8, 4) is 5.75 Å². The van der Waals surface area contributed by atoms with Crippen molar-refractivity contribution in [1.29, 1.82) is 0 Å². The molecule has 0 spiro atoms. The fourth-order valence-corrected chi connectivity index (χ4v) is 3.95. The van der Waals surface area contributed by atoms with Gasteiger partial charge in [-0.2, -0.15) is 0 Å². The molecule has 1 saturated heterocycles. The predicted octanol–water partition coefficient (Wildman–Crippen LogP) is 2.40. The average molecular weight is 458 g/mol. The normalized spacial score (nSPS) is 16.1. The summed E-state index contributed by atoms with van der Waals surface area (Å²) in [5.74, 6) is -1.69. The van der Waals surface area contributed by atoms with E-state index in [4.69, 9.17) is 11.6 Å². The number of carbonyl (C=O) groups is 2. The maximum Gasteiger partial charge on any atom is 0.296 e. The molecule has 166 valence electrons. The molecule has 2 N–H and O–H groups in total. The van der Waals surface area contributed by atoms with Gasteiger partial charge >= 0.3 is 0 Å². The minimum atomic E-state index is -0.771. The molecule has 1 aromatic carbocycles. The summed E-state index contributed by atoms with van der Waals surface area (Å²) in [6.07, 6.45) is 3.84.